The standard InChI is InChI=1S/C13H14BrClN2O2/c1-3-17-12(8(14)7-16-17)13(18)11-9(15)5-4-6-10(11)19-2/h4-7,13,18H,3H2,1-2H3. The molecule has 0 bridgehead atoms. The minimum Gasteiger partial charge on any atom is -0.496 e. The maximum absolute atomic E-state index is 10.6. The molecule has 1 unspecified atom stereocenters. The number of hydrogen-bond acceptors (Lipinski definition) is 3. The van der Waals surface area contributed by atoms with Gasteiger partial charge in [-0.2, -0.15) is 5.10 Å². The van der Waals surface area contributed by atoms with Crippen LogP contribution in [-0.4, -0.2) is 22.0 Å². The highest BCUT2D eigenvalue weighted by Crippen LogP contribution is 2.37. The molecule has 0 fully saturated rings. The first kappa shape index (κ1) is 14.4. The molecule has 1 N–H and O–H groups in total. The Kier molecular flexibility index (Phi) is 4.50. The number of halogens is 2. The molecule has 0 aliphatic carbocycles. The summed E-state index contributed by atoms with van der Waals surface area (Å²) in [5.74, 6) is 0.552. The third kappa shape index (κ3) is 2.63. The number of aromatic nitrogens is 2. The maximum Gasteiger partial charge on any atom is 0.127 e. The van der Waals surface area contributed by atoms with Gasteiger partial charge in [0.1, 0.15) is 11.9 Å². The highest BCUT2D eigenvalue weighted by molar-refractivity contribution is 9.10. The van der Waals surface area contributed by atoms with E-state index in [1.165, 1.54) is 0 Å². The number of rotatable bonds is 4. The Morgan fingerprint density at radius 2 is 2.26 bits per heavy atom. The van der Waals surface area contributed by atoms with Crippen molar-refractivity contribution in [1.29, 1.82) is 0 Å². The van der Waals surface area contributed by atoms with Crippen molar-refractivity contribution in [2.24, 2.45) is 0 Å². The molecular weight excluding hydrogens is 332 g/mol. The Morgan fingerprint density at radius 3 is 2.89 bits per heavy atom. The van der Waals surface area contributed by atoms with E-state index in [1.54, 1.807) is 36.2 Å². The van der Waals surface area contributed by atoms with Crippen molar-refractivity contribution in [1.82, 2.24) is 9.78 Å². The lowest BCUT2D eigenvalue weighted by molar-refractivity contribution is 0.202. The van der Waals surface area contributed by atoms with Crippen molar-refractivity contribution < 1.29 is 9.84 Å². The van der Waals surface area contributed by atoms with E-state index in [0.29, 0.717) is 28.6 Å². The third-order valence-electron chi connectivity index (χ3n) is 2.90. The fourth-order valence-electron chi connectivity index (χ4n) is 1.99. The van der Waals surface area contributed by atoms with E-state index in [4.69, 9.17) is 16.3 Å². The second-order valence-electron chi connectivity index (χ2n) is 3.95. The van der Waals surface area contributed by atoms with Crippen LogP contribution in [0, 0.1) is 0 Å². The predicted octanol–water partition coefficient (Wildman–Crippen LogP) is 3.41. The van der Waals surface area contributed by atoms with E-state index in [0.717, 1.165) is 4.47 Å². The summed E-state index contributed by atoms with van der Waals surface area (Å²) in [6.07, 6.45) is 0.756. The summed E-state index contributed by atoms with van der Waals surface area (Å²) in [4.78, 5) is 0. The molecule has 0 spiro atoms. The average Bonchev–Trinajstić information content (AvgIpc) is 2.78. The molecule has 4 nitrogen and oxygen atoms in total. The van der Waals surface area contributed by atoms with E-state index in [2.05, 4.69) is 21.0 Å². The number of hydrogen-bond donors (Lipinski definition) is 1. The number of methoxy groups -OCH3 is 1. The van der Waals surface area contributed by atoms with Crippen LogP contribution in [0.3, 0.4) is 0 Å². The zero-order valence-electron chi connectivity index (χ0n) is 10.6. The smallest absolute Gasteiger partial charge is 0.127 e. The molecule has 6 heteroatoms. The number of aryl methyl sites for hydroxylation is 1. The summed E-state index contributed by atoms with van der Waals surface area (Å²) >= 11 is 9.58. The van der Waals surface area contributed by atoms with Crippen LogP contribution in [0.4, 0.5) is 0 Å². The van der Waals surface area contributed by atoms with Crippen molar-refractivity contribution in [3.63, 3.8) is 0 Å². The zero-order valence-corrected chi connectivity index (χ0v) is 12.9. The van der Waals surface area contributed by atoms with Gasteiger partial charge in [-0.15, -0.1) is 0 Å². The summed E-state index contributed by atoms with van der Waals surface area (Å²) in [7, 11) is 1.55. The lowest BCUT2D eigenvalue weighted by atomic mass is 10.1. The van der Waals surface area contributed by atoms with Crippen LogP contribution >= 0.6 is 27.5 Å². The Balaban J connectivity index is 2.55. The molecule has 0 aliphatic heterocycles. The molecule has 0 saturated carbocycles. The van der Waals surface area contributed by atoms with Crippen LogP contribution in [0.15, 0.2) is 28.9 Å². The summed E-state index contributed by atoms with van der Waals surface area (Å²) in [5.41, 5.74) is 1.21. The summed E-state index contributed by atoms with van der Waals surface area (Å²) in [6.45, 7) is 2.62. The van der Waals surface area contributed by atoms with Gasteiger partial charge in [-0.25, -0.2) is 0 Å². The number of benzene rings is 1. The first-order valence-electron chi connectivity index (χ1n) is 5.81. The Morgan fingerprint density at radius 1 is 1.53 bits per heavy atom. The van der Waals surface area contributed by atoms with E-state index >= 15 is 0 Å². The zero-order chi connectivity index (χ0) is 14.0. The summed E-state index contributed by atoms with van der Waals surface area (Å²) < 4.78 is 7.73. The second-order valence-corrected chi connectivity index (χ2v) is 5.21. The van der Waals surface area contributed by atoms with Crippen molar-refractivity contribution in [3.8, 4) is 5.75 Å². The Labute approximate surface area is 125 Å². The normalized spacial score (nSPS) is 12.5. The molecular formula is C13H14BrClN2O2. The summed E-state index contributed by atoms with van der Waals surface area (Å²) in [6, 6.07) is 5.28. The molecule has 0 radical (unpaired) electrons. The van der Waals surface area contributed by atoms with Gasteiger partial charge in [0.2, 0.25) is 0 Å². The minimum atomic E-state index is -0.902. The Bertz CT molecular complexity index is 586. The van der Waals surface area contributed by atoms with E-state index in [9.17, 15) is 5.11 Å². The molecule has 102 valence electrons. The minimum absolute atomic E-state index is 0.461. The monoisotopic (exact) mass is 344 g/mol. The fourth-order valence-corrected chi connectivity index (χ4v) is 2.78. The summed E-state index contributed by atoms with van der Waals surface area (Å²) in [5, 5.41) is 15.3. The molecule has 2 aromatic rings. The van der Waals surface area contributed by atoms with E-state index in [-0.39, 0.29) is 0 Å². The van der Waals surface area contributed by atoms with Gasteiger partial charge in [0, 0.05) is 12.1 Å². The Hall–Kier alpha value is -1.04. The molecule has 1 aromatic carbocycles. The van der Waals surface area contributed by atoms with Crippen molar-refractivity contribution in [2.75, 3.05) is 7.11 Å². The molecule has 1 heterocycles. The average molecular weight is 346 g/mol. The van der Waals surface area contributed by atoms with E-state index in [1.807, 2.05) is 6.92 Å². The topological polar surface area (TPSA) is 47.3 Å². The van der Waals surface area contributed by atoms with Crippen LogP contribution in [0.2, 0.25) is 5.02 Å². The first-order valence-corrected chi connectivity index (χ1v) is 6.98. The number of nitrogens with zero attached hydrogens (tertiary/aromatic N) is 2. The van der Waals surface area contributed by atoms with Crippen molar-refractivity contribution in [2.45, 2.75) is 19.6 Å². The van der Waals surface area contributed by atoms with Gasteiger partial charge in [0.25, 0.3) is 0 Å². The molecule has 1 aromatic heterocycles. The lowest BCUT2D eigenvalue weighted by Gasteiger charge is -2.18. The lowest BCUT2D eigenvalue weighted by Crippen LogP contribution is -2.11. The van der Waals surface area contributed by atoms with Crippen LogP contribution in [-0.2, 0) is 6.54 Å². The second kappa shape index (κ2) is 5.94. The van der Waals surface area contributed by atoms with Gasteiger partial charge in [-0.1, -0.05) is 17.7 Å². The molecule has 19 heavy (non-hydrogen) atoms. The molecule has 1 atom stereocenters. The maximum atomic E-state index is 10.6. The van der Waals surface area contributed by atoms with Gasteiger partial charge in [-0.3, -0.25) is 4.68 Å². The fraction of sp³-hybridized carbons (Fsp3) is 0.308. The largest absolute Gasteiger partial charge is 0.496 e. The van der Waals surface area contributed by atoms with E-state index < -0.39 is 6.10 Å². The van der Waals surface area contributed by atoms with Crippen molar-refractivity contribution in [3.05, 3.63) is 45.1 Å². The van der Waals surface area contributed by atoms with Crippen LogP contribution in [0.5, 0.6) is 5.75 Å². The quantitative estimate of drug-likeness (QED) is 0.924. The number of aliphatic hydroxyl groups excluding tert-OH is 1. The SMILES string of the molecule is CCn1ncc(Br)c1C(O)c1c(Cl)cccc1OC. The molecule has 0 aliphatic rings. The van der Waals surface area contributed by atoms with Gasteiger partial charge in [-0.05, 0) is 35.0 Å². The molecule has 2 rings (SSSR count). The van der Waals surface area contributed by atoms with Gasteiger partial charge in [0.15, 0.2) is 0 Å². The highest BCUT2D eigenvalue weighted by Gasteiger charge is 2.24. The van der Waals surface area contributed by atoms with Crippen LogP contribution < -0.4 is 4.74 Å². The number of ether oxygens (including phenoxy) is 1. The van der Waals surface area contributed by atoms with Gasteiger partial charge in [0.05, 0.1) is 28.5 Å². The van der Waals surface area contributed by atoms with Crippen LogP contribution in [0.25, 0.3) is 0 Å². The van der Waals surface area contributed by atoms with Gasteiger partial charge >= 0.3 is 0 Å². The molecule has 0 amide bonds. The van der Waals surface area contributed by atoms with Crippen molar-refractivity contribution >= 4 is 27.5 Å². The highest BCUT2D eigenvalue weighted by atomic mass is 79.9. The number of aliphatic hydroxyl groups is 1. The predicted molar refractivity (Wildman–Crippen MR) is 77.7 cm³/mol. The van der Waals surface area contributed by atoms with Gasteiger partial charge < -0.3 is 9.84 Å². The third-order valence-corrected chi connectivity index (χ3v) is 3.84. The molecule has 0 saturated heterocycles. The van der Waals surface area contributed by atoms with Crippen LogP contribution in [0.1, 0.15) is 24.3 Å². The first-order chi connectivity index (χ1) is 9.10.